The molecule has 142 valence electrons. The summed E-state index contributed by atoms with van der Waals surface area (Å²) in [6, 6.07) is 5.88. The summed E-state index contributed by atoms with van der Waals surface area (Å²) in [5.74, 6) is 2.50. The first-order chi connectivity index (χ1) is 11.5. The molecule has 0 aromatic heterocycles. The van der Waals surface area contributed by atoms with Crippen LogP contribution in [-0.2, 0) is 11.3 Å². The van der Waals surface area contributed by atoms with Gasteiger partial charge in [-0.3, -0.25) is 4.99 Å². The quantitative estimate of drug-likeness (QED) is 0.383. The molecule has 1 N–H and O–H groups in total. The Morgan fingerprint density at radius 1 is 1.32 bits per heavy atom. The number of halogens is 1. The third-order valence-electron chi connectivity index (χ3n) is 4.11. The highest BCUT2D eigenvalue weighted by molar-refractivity contribution is 14.0. The molecular formula is C18H30IN3O3. The minimum Gasteiger partial charge on any atom is -0.497 e. The van der Waals surface area contributed by atoms with Crippen LogP contribution >= 0.6 is 24.0 Å². The minimum absolute atomic E-state index is 0. The second-order valence-corrected chi connectivity index (χ2v) is 6.51. The normalized spacial score (nSPS) is 15.6. The van der Waals surface area contributed by atoms with E-state index in [9.17, 15) is 0 Å². The van der Waals surface area contributed by atoms with Gasteiger partial charge in [-0.1, -0.05) is 6.92 Å². The molecule has 0 spiro atoms. The average molecular weight is 463 g/mol. The Labute approximate surface area is 167 Å². The molecular weight excluding hydrogens is 433 g/mol. The van der Waals surface area contributed by atoms with Crippen molar-refractivity contribution >= 4 is 29.9 Å². The summed E-state index contributed by atoms with van der Waals surface area (Å²) in [5.41, 5.74) is 1.25. The van der Waals surface area contributed by atoms with Gasteiger partial charge >= 0.3 is 0 Å². The fourth-order valence-electron chi connectivity index (χ4n) is 2.59. The second-order valence-electron chi connectivity index (χ2n) is 6.51. The van der Waals surface area contributed by atoms with Gasteiger partial charge in [0.25, 0.3) is 0 Å². The van der Waals surface area contributed by atoms with Gasteiger partial charge in [-0.15, -0.1) is 24.0 Å². The molecule has 0 unspecified atom stereocenters. The van der Waals surface area contributed by atoms with Crippen molar-refractivity contribution in [3.8, 4) is 11.5 Å². The number of benzene rings is 1. The number of nitrogens with one attached hydrogen (secondary N) is 1. The number of hydrogen-bond donors (Lipinski definition) is 1. The van der Waals surface area contributed by atoms with E-state index >= 15 is 0 Å². The van der Waals surface area contributed by atoms with Crippen molar-refractivity contribution < 1.29 is 14.2 Å². The van der Waals surface area contributed by atoms with Gasteiger partial charge in [-0.25, -0.2) is 0 Å². The van der Waals surface area contributed by atoms with E-state index in [1.54, 1.807) is 14.2 Å². The maximum atomic E-state index is 5.49. The molecule has 1 aromatic carbocycles. The molecule has 2 rings (SSSR count). The van der Waals surface area contributed by atoms with E-state index in [4.69, 9.17) is 19.2 Å². The third kappa shape index (κ3) is 5.91. The van der Waals surface area contributed by atoms with Crippen LogP contribution in [-0.4, -0.2) is 58.4 Å². The molecule has 1 aliphatic rings. The first kappa shape index (κ1) is 21.8. The standard InChI is InChI=1S/C18H29N3O3.HI/c1-6-19-17(20-11-18(2)12-24-13-18)21(3)10-14-7-8-15(22-4)9-16(14)23-5;/h7-9H,6,10-13H2,1-5H3,(H,19,20);1H. The Balaban J connectivity index is 0.00000312. The monoisotopic (exact) mass is 463 g/mol. The second kappa shape index (κ2) is 10.1. The predicted molar refractivity (Wildman–Crippen MR) is 111 cm³/mol. The van der Waals surface area contributed by atoms with Crippen LogP contribution in [0.5, 0.6) is 11.5 Å². The Hall–Kier alpha value is -1.22. The zero-order valence-corrected chi connectivity index (χ0v) is 18.1. The topological polar surface area (TPSA) is 55.3 Å². The molecule has 0 atom stereocenters. The van der Waals surface area contributed by atoms with E-state index in [2.05, 4.69) is 24.1 Å². The predicted octanol–water partition coefficient (Wildman–Crippen LogP) is 2.76. The molecule has 0 aliphatic carbocycles. The number of nitrogens with zero attached hydrogens (tertiary/aromatic N) is 2. The molecule has 1 heterocycles. The van der Waals surface area contributed by atoms with Crippen molar-refractivity contribution in [1.82, 2.24) is 10.2 Å². The van der Waals surface area contributed by atoms with Gasteiger partial charge in [0.2, 0.25) is 0 Å². The maximum absolute atomic E-state index is 5.49. The molecule has 0 radical (unpaired) electrons. The number of rotatable bonds is 7. The Morgan fingerprint density at radius 2 is 2.04 bits per heavy atom. The minimum atomic E-state index is 0. The summed E-state index contributed by atoms with van der Waals surface area (Å²) in [5, 5.41) is 3.35. The fraction of sp³-hybridized carbons (Fsp3) is 0.611. The van der Waals surface area contributed by atoms with Crippen LogP contribution in [0.1, 0.15) is 19.4 Å². The van der Waals surface area contributed by atoms with Crippen molar-refractivity contribution in [2.75, 3.05) is 47.6 Å². The first-order valence-electron chi connectivity index (χ1n) is 8.29. The van der Waals surface area contributed by atoms with Crippen LogP contribution in [0.15, 0.2) is 23.2 Å². The lowest BCUT2D eigenvalue weighted by molar-refractivity contribution is -0.0946. The molecule has 1 aliphatic heterocycles. The van der Waals surface area contributed by atoms with Gasteiger partial charge in [0.05, 0.1) is 34.0 Å². The zero-order valence-electron chi connectivity index (χ0n) is 15.8. The van der Waals surface area contributed by atoms with Gasteiger partial charge in [-0.2, -0.15) is 0 Å². The summed E-state index contributed by atoms with van der Waals surface area (Å²) < 4.78 is 16.0. The van der Waals surface area contributed by atoms with Crippen molar-refractivity contribution in [2.45, 2.75) is 20.4 Å². The molecule has 25 heavy (non-hydrogen) atoms. The van der Waals surface area contributed by atoms with E-state index in [0.29, 0.717) is 6.54 Å². The Bertz CT molecular complexity index is 577. The van der Waals surface area contributed by atoms with Crippen molar-refractivity contribution in [3.63, 3.8) is 0 Å². The van der Waals surface area contributed by atoms with Gasteiger partial charge < -0.3 is 24.4 Å². The largest absolute Gasteiger partial charge is 0.497 e. The van der Waals surface area contributed by atoms with E-state index < -0.39 is 0 Å². The van der Waals surface area contributed by atoms with Gasteiger partial charge in [0, 0.05) is 37.2 Å². The third-order valence-corrected chi connectivity index (χ3v) is 4.11. The lowest BCUT2D eigenvalue weighted by atomic mass is 9.89. The van der Waals surface area contributed by atoms with Crippen LogP contribution < -0.4 is 14.8 Å². The van der Waals surface area contributed by atoms with Crippen molar-refractivity contribution in [2.24, 2.45) is 10.4 Å². The fourth-order valence-corrected chi connectivity index (χ4v) is 2.59. The molecule has 0 saturated carbocycles. The number of hydrogen-bond acceptors (Lipinski definition) is 4. The lowest BCUT2D eigenvalue weighted by Gasteiger charge is -2.37. The molecule has 0 amide bonds. The van der Waals surface area contributed by atoms with Crippen LogP contribution in [0.4, 0.5) is 0 Å². The van der Waals surface area contributed by atoms with Gasteiger partial charge in [0.15, 0.2) is 5.96 Å². The average Bonchev–Trinajstić information content (AvgIpc) is 2.57. The lowest BCUT2D eigenvalue weighted by Crippen LogP contribution is -2.44. The van der Waals surface area contributed by atoms with Crippen molar-refractivity contribution in [3.05, 3.63) is 23.8 Å². The van der Waals surface area contributed by atoms with Gasteiger partial charge in [0.1, 0.15) is 11.5 Å². The van der Waals surface area contributed by atoms with E-state index in [0.717, 1.165) is 49.3 Å². The highest BCUT2D eigenvalue weighted by atomic mass is 127. The number of ether oxygens (including phenoxy) is 3. The molecule has 0 bridgehead atoms. The summed E-state index contributed by atoms with van der Waals surface area (Å²) in [7, 11) is 5.36. The molecule has 1 saturated heterocycles. The summed E-state index contributed by atoms with van der Waals surface area (Å²) in [6.45, 7) is 8.14. The summed E-state index contributed by atoms with van der Waals surface area (Å²) in [6.07, 6.45) is 0. The molecule has 6 nitrogen and oxygen atoms in total. The van der Waals surface area contributed by atoms with Crippen LogP contribution in [0.25, 0.3) is 0 Å². The van der Waals surface area contributed by atoms with Crippen LogP contribution in [0, 0.1) is 5.41 Å². The van der Waals surface area contributed by atoms with Crippen LogP contribution in [0.2, 0.25) is 0 Å². The SMILES string of the molecule is CCNC(=NCC1(C)COC1)N(C)Cc1ccc(OC)cc1OC.I. The summed E-state index contributed by atoms with van der Waals surface area (Å²) in [4.78, 5) is 6.89. The smallest absolute Gasteiger partial charge is 0.193 e. The maximum Gasteiger partial charge on any atom is 0.193 e. The van der Waals surface area contributed by atoms with E-state index in [1.165, 1.54) is 0 Å². The zero-order chi connectivity index (χ0) is 17.6. The van der Waals surface area contributed by atoms with E-state index in [-0.39, 0.29) is 29.4 Å². The number of methoxy groups -OCH3 is 2. The Morgan fingerprint density at radius 3 is 2.56 bits per heavy atom. The number of guanidine groups is 1. The molecule has 7 heteroatoms. The summed E-state index contributed by atoms with van der Waals surface area (Å²) >= 11 is 0. The molecule has 1 aromatic rings. The van der Waals surface area contributed by atoms with E-state index in [1.807, 2.05) is 25.2 Å². The number of aliphatic imine (C=N–C) groups is 1. The highest BCUT2D eigenvalue weighted by Crippen LogP contribution is 2.27. The van der Waals surface area contributed by atoms with Crippen molar-refractivity contribution in [1.29, 1.82) is 0 Å². The molecule has 1 fully saturated rings. The van der Waals surface area contributed by atoms with Gasteiger partial charge in [-0.05, 0) is 19.1 Å². The first-order valence-corrected chi connectivity index (χ1v) is 8.29. The van der Waals surface area contributed by atoms with Crippen LogP contribution in [0.3, 0.4) is 0 Å². The Kier molecular flexibility index (Phi) is 8.78. The highest BCUT2D eigenvalue weighted by Gasteiger charge is 2.33.